The van der Waals surface area contributed by atoms with Crippen LogP contribution in [0.25, 0.3) is 0 Å². The molecule has 1 amide bonds. The Morgan fingerprint density at radius 2 is 2.00 bits per heavy atom. The van der Waals surface area contributed by atoms with Gasteiger partial charge >= 0.3 is 0 Å². The summed E-state index contributed by atoms with van der Waals surface area (Å²) in [7, 11) is 0. The molecule has 0 aromatic carbocycles. The van der Waals surface area contributed by atoms with Crippen LogP contribution in [0.15, 0.2) is 0 Å². The summed E-state index contributed by atoms with van der Waals surface area (Å²) in [6, 6.07) is 0.501. The van der Waals surface area contributed by atoms with E-state index in [0.29, 0.717) is 17.9 Å². The fourth-order valence-corrected chi connectivity index (χ4v) is 3.72. The van der Waals surface area contributed by atoms with Crippen molar-refractivity contribution in [3.05, 3.63) is 0 Å². The Labute approximate surface area is 118 Å². The monoisotopic (exact) mass is 266 g/mol. The standard InChI is InChI=1S/C16H30N2O/c1-4-16(10-7-11-17-16)15(19)18(12-13(2)3)14-8-5-6-9-14/h13-14,17H,4-12H2,1-3H3. The third-order valence-electron chi connectivity index (χ3n) is 4.84. The van der Waals surface area contributed by atoms with Gasteiger partial charge in [-0.15, -0.1) is 0 Å². The van der Waals surface area contributed by atoms with Gasteiger partial charge in [-0.1, -0.05) is 33.6 Å². The number of hydrogen-bond acceptors (Lipinski definition) is 2. The van der Waals surface area contributed by atoms with Crippen molar-refractivity contribution in [1.82, 2.24) is 10.2 Å². The topological polar surface area (TPSA) is 32.3 Å². The van der Waals surface area contributed by atoms with Crippen LogP contribution in [0.4, 0.5) is 0 Å². The predicted molar refractivity (Wildman–Crippen MR) is 79.1 cm³/mol. The highest BCUT2D eigenvalue weighted by Crippen LogP contribution is 2.31. The first-order valence-electron chi connectivity index (χ1n) is 8.15. The van der Waals surface area contributed by atoms with E-state index in [2.05, 4.69) is 31.0 Å². The average Bonchev–Trinajstić information content (AvgIpc) is 3.06. The van der Waals surface area contributed by atoms with Gasteiger partial charge in [0.2, 0.25) is 5.91 Å². The van der Waals surface area contributed by atoms with Gasteiger partial charge in [0.15, 0.2) is 0 Å². The van der Waals surface area contributed by atoms with Crippen LogP contribution < -0.4 is 5.32 Å². The molecule has 0 aromatic rings. The Kier molecular flexibility index (Phi) is 4.88. The molecule has 0 spiro atoms. The molecule has 0 bridgehead atoms. The van der Waals surface area contributed by atoms with Crippen LogP contribution in [0.5, 0.6) is 0 Å². The van der Waals surface area contributed by atoms with Gasteiger partial charge in [0.25, 0.3) is 0 Å². The van der Waals surface area contributed by atoms with E-state index in [1.165, 1.54) is 25.7 Å². The van der Waals surface area contributed by atoms with E-state index in [4.69, 9.17) is 0 Å². The maximum Gasteiger partial charge on any atom is 0.243 e. The molecule has 2 rings (SSSR count). The summed E-state index contributed by atoms with van der Waals surface area (Å²) >= 11 is 0. The van der Waals surface area contributed by atoms with Crippen molar-refractivity contribution in [3.8, 4) is 0 Å². The Morgan fingerprint density at radius 1 is 1.32 bits per heavy atom. The number of carbonyl (C=O) groups is 1. The molecular weight excluding hydrogens is 236 g/mol. The molecule has 110 valence electrons. The van der Waals surface area contributed by atoms with E-state index < -0.39 is 0 Å². The van der Waals surface area contributed by atoms with E-state index >= 15 is 0 Å². The smallest absolute Gasteiger partial charge is 0.243 e. The lowest BCUT2D eigenvalue weighted by atomic mass is 9.91. The van der Waals surface area contributed by atoms with Crippen molar-refractivity contribution in [2.75, 3.05) is 13.1 Å². The third kappa shape index (κ3) is 3.13. The van der Waals surface area contributed by atoms with Crippen molar-refractivity contribution >= 4 is 5.91 Å². The van der Waals surface area contributed by atoms with Gasteiger partial charge in [-0.05, 0) is 44.6 Å². The predicted octanol–water partition coefficient (Wildman–Crippen LogP) is 2.95. The normalized spacial score (nSPS) is 28.2. The number of carbonyl (C=O) groups excluding carboxylic acids is 1. The van der Waals surface area contributed by atoms with Crippen LogP contribution in [-0.2, 0) is 4.79 Å². The zero-order valence-corrected chi connectivity index (χ0v) is 12.9. The highest BCUT2D eigenvalue weighted by atomic mass is 16.2. The van der Waals surface area contributed by atoms with Crippen molar-refractivity contribution in [1.29, 1.82) is 0 Å². The fraction of sp³-hybridized carbons (Fsp3) is 0.938. The number of rotatable bonds is 5. The minimum absolute atomic E-state index is 0.252. The SMILES string of the molecule is CCC1(C(=O)N(CC(C)C)C2CCCC2)CCCN1. The zero-order chi connectivity index (χ0) is 13.9. The molecule has 1 heterocycles. The molecular formula is C16H30N2O. The maximum absolute atomic E-state index is 13.1. The summed E-state index contributed by atoms with van der Waals surface area (Å²) in [5.74, 6) is 0.938. The molecule has 1 aliphatic carbocycles. The lowest BCUT2D eigenvalue weighted by Crippen LogP contribution is -2.57. The van der Waals surface area contributed by atoms with E-state index in [9.17, 15) is 4.79 Å². The second kappa shape index (κ2) is 6.25. The molecule has 1 aliphatic heterocycles. The third-order valence-corrected chi connectivity index (χ3v) is 4.84. The first-order valence-corrected chi connectivity index (χ1v) is 8.15. The van der Waals surface area contributed by atoms with Gasteiger partial charge in [-0.3, -0.25) is 4.79 Å². The molecule has 2 fully saturated rings. The number of nitrogens with zero attached hydrogens (tertiary/aromatic N) is 1. The van der Waals surface area contributed by atoms with Crippen LogP contribution in [0.2, 0.25) is 0 Å². The number of hydrogen-bond donors (Lipinski definition) is 1. The summed E-state index contributed by atoms with van der Waals surface area (Å²) in [6.45, 7) is 8.51. The van der Waals surface area contributed by atoms with Crippen LogP contribution in [0, 0.1) is 5.92 Å². The highest BCUT2D eigenvalue weighted by molar-refractivity contribution is 5.87. The Morgan fingerprint density at radius 3 is 2.47 bits per heavy atom. The molecule has 1 atom stereocenters. The van der Waals surface area contributed by atoms with Gasteiger partial charge in [0.05, 0.1) is 5.54 Å². The van der Waals surface area contributed by atoms with Gasteiger partial charge in [0.1, 0.15) is 0 Å². The van der Waals surface area contributed by atoms with Crippen molar-refractivity contribution < 1.29 is 4.79 Å². The van der Waals surface area contributed by atoms with Gasteiger partial charge in [-0.2, -0.15) is 0 Å². The van der Waals surface area contributed by atoms with Gasteiger partial charge in [0, 0.05) is 12.6 Å². The zero-order valence-electron chi connectivity index (χ0n) is 12.9. The first kappa shape index (κ1) is 14.8. The second-order valence-corrected chi connectivity index (χ2v) is 6.76. The molecule has 0 radical (unpaired) electrons. The highest BCUT2D eigenvalue weighted by Gasteiger charge is 2.43. The average molecular weight is 266 g/mol. The van der Waals surface area contributed by atoms with E-state index in [0.717, 1.165) is 32.4 Å². The van der Waals surface area contributed by atoms with Crippen LogP contribution in [0.1, 0.15) is 65.7 Å². The molecule has 1 saturated carbocycles. The lowest BCUT2D eigenvalue weighted by molar-refractivity contribution is -0.141. The van der Waals surface area contributed by atoms with Crippen LogP contribution in [0.3, 0.4) is 0 Å². The van der Waals surface area contributed by atoms with Crippen LogP contribution >= 0.6 is 0 Å². The summed E-state index contributed by atoms with van der Waals surface area (Å²) in [5.41, 5.74) is -0.252. The molecule has 2 aliphatic rings. The number of amides is 1. The Balaban J connectivity index is 2.13. The van der Waals surface area contributed by atoms with E-state index in [-0.39, 0.29) is 5.54 Å². The molecule has 0 aromatic heterocycles. The quantitative estimate of drug-likeness (QED) is 0.830. The van der Waals surface area contributed by atoms with Gasteiger partial charge < -0.3 is 10.2 Å². The molecule has 1 unspecified atom stereocenters. The second-order valence-electron chi connectivity index (χ2n) is 6.76. The molecule has 1 saturated heterocycles. The van der Waals surface area contributed by atoms with E-state index in [1.54, 1.807) is 0 Å². The summed E-state index contributed by atoms with van der Waals surface area (Å²) in [5, 5.41) is 3.51. The fourth-order valence-electron chi connectivity index (χ4n) is 3.72. The van der Waals surface area contributed by atoms with Crippen molar-refractivity contribution in [2.24, 2.45) is 5.92 Å². The minimum Gasteiger partial charge on any atom is -0.338 e. The largest absolute Gasteiger partial charge is 0.338 e. The molecule has 19 heavy (non-hydrogen) atoms. The summed E-state index contributed by atoms with van der Waals surface area (Å²) in [4.78, 5) is 15.3. The maximum atomic E-state index is 13.1. The lowest BCUT2D eigenvalue weighted by Gasteiger charge is -2.38. The first-order chi connectivity index (χ1) is 9.09. The van der Waals surface area contributed by atoms with Gasteiger partial charge in [-0.25, -0.2) is 0 Å². The Bertz CT molecular complexity index is 302. The summed E-state index contributed by atoms with van der Waals surface area (Å²) < 4.78 is 0. The summed E-state index contributed by atoms with van der Waals surface area (Å²) in [6.07, 6.45) is 8.07. The number of nitrogens with one attached hydrogen (secondary N) is 1. The van der Waals surface area contributed by atoms with E-state index in [1.807, 2.05) is 0 Å². The molecule has 3 heteroatoms. The Hall–Kier alpha value is -0.570. The molecule has 3 nitrogen and oxygen atoms in total. The van der Waals surface area contributed by atoms with Crippen molar-refractivity contribution in [3.63, 3.8) is 0 Å². The molecule has 1 N–H and O–H groups in total. The van der Waals surface area contributed by atoms with Crippen LogP contribution in [-0.4, -0.2) is 35.5 Å². The van der Waals surface area contributed by atoms with Crippen molar-refractivity contribution in [2.45, 2.75) is 77.3 Å². The minimum atomic E-state index is -0.252.